The van der Waals surface area contributed by atoms with Crippen LogP contribution in [0.1, 0.15) is 0 Å². The average molecular weight is 404 g/mol. The Labute approximate surface area is 142 Å². The van der Waals surface area contributed by atoms with E-state index in [1.807, 2.05) is 0 Å². The van der Waals surface area contributed by atoms with Crippen LogP contribution >= 0.6 is 15.9 Å². The molecule has 2 rings (SSSR count). The van der Waals surface area contributed by atoms with Gasteiger partial charge in [-0.1, -0.05) is 15.9 Å². The van der Waals surface area contributed by atoms with E-state index in [0.717, 1.165) is 0 Å². The van der Waals surface area contributed by atoms with Gasteiger partial charge in [-0.3, -0.25) is 0 Å². The quantitative estimate of drug-likeness (QED) is 0.721. The van der Waals surface area contributed by atoms with Crippen molar-refractivity contribution < 1.29 is 22.3 Å². The summed E-state index contributed by atoms with van der Waals surface area (Å²) in [4.78, 5) is 0.0381. The predicted molar refractivity (Wildman–Crippen MR) is 87.8 cm³/mol. The van der Waals surface area contributed by atoms with Gasteiger partial charge < -0.3 is 9.47 Å². The molecule has 0 aromatic heterocycles. The third-order valence-corrected chi connectivity index (χ3v) is 4.87. The molecule has 0 aliphatic rings. The molecule has 0 aliphatic heterocycles. The summed E-state index contributed by atoms with van der Waals surface area (Å²) in [5.41, 5.74) is 0. The fourth-order valence-electron chi connectivity index (χ4n) is 1.81. The summed E-state index contributed by atoms with van der Waals surface area (Å²) < 4.78 is 50.8. The van der Waals surface area contributed by atoms with E-state index in [4.69, 9.17) is 9.47 Å². The molecular formula is C15H15BrFNO4S. The Bertz CT molecular complexity index is 766. The Hall–Kier alpha value is -1.64. The fourth-order valence-corrected chi connectivity index (χ4v) is 3.53. The molecule has 0 aliphatic carbocycles. The predicted octanol–water partition coefficient (Wildman–Crippen LogP) is 2.95. The fraction of sp³-hybridized carbons (Fsp3) is 0.200. The van der Waals surface area contributed by atoms with Crippen LogP contribution in [-0.2, 0) is 10.0 Å². The van der Waals surface area contributed by atoms with Crippen molar-refractivity contribution in [1.82, 2.24) is 4.72 Å². The van der Waals surface area contributed by atoms with Crippen molar-refractivity contribution in [1.29, 1.82) is 0 Å². The van der Waals surface area contributed by atoms with E-state index in [1.165, 1.54) is 37.4 Å². The van der Waals surface area contributed by atoms with E-state index >= 15 is 0 Å². The number of hydrogen-bond acceptors (Lipinski definition) is 4. The Morgan fingerprint density at radius 1 is 1.17 bits per heavy atom. The van der Waals surface area contributed by atoms with Gasteiger partial charge in [-0.25, -0.2) is 17.5 Å². The van der Waals surface area contributed by atoms with Crippen molar-refractivity contribution in [3.8, 4) is 11.5 Å². The lowest BCUT2D eigenvalue weighted by atomic mass is 10.3. The van der Waals surface area contributed by atoms with Gasteiger partial charge in [-0.05, 0) is 42.5 Å². The zero-order chi connectivity index (χ0) is 16.9. The smallest absolute Gasteiger partial charge is 0.244 e. The number of halogens is 2. The maximum atomic E-state index is 12.8. The van der Waals surface area contributed by atoms with Gasteiger partial charge in [0, 0.05) is 11.0 Å². The summed E-state index contributed by atoms with van der Waals surface area (Å²) in [7, 11) is -2.33. The van der Waals surface area contributed by atoms with E-state index in [9.17, 15) is 12.8 Å². The van der Waals surface area contributed by atoms with Gasteiger partial charge in [0.15, 0.2) is 0 Å². The monoisotopic (exact) mass is 403 g/mol. The van der Waals surface area contributed by atoms with Crippen LogP contribution in [0, 0.1) is 5.82 Å². The highest BCUT2D eigenvalue weighted by molar-refractivity contribution is 9.10. The van der Waals surface area contributed by atoms with Crippen LogP contribution in [0.25, 0.3) is 0 Å². The van der Waals surface area contributed by atoms with Gasteiger partial charge in [0.1, 0.15) is 28.8 Å². The molecule has 0 unspecified atom stereocenters. The van der Waals surface area contributed by atoms with Crippen LogP contribution in [-0.4, -0.2) is 28.7 Å². The summed E-state index contributed by atoms with van der Waals surface area (Å²) >= 11 is 3.23. The number of nitrogens with one attached hydrogen (secondary N) is 1. The lowest BCUT2D eigenvalue weighted by Gasteiger charge is -2.11. The molecule has 8 heteroatoms. The zero-order valence-corrected chi connectivity index (χ0v) is 14.7. The first kappa shape index (κ1) is 17.7. The molecule has 0 fully saturated rings. The van der Waals surface area contributed by atoms with Gasteiger partial charge in [-0.2, -0.15) is 0 Å². The standard InChI is InChI=1S/C15H15BrFNO4S/c1-21-14-7-2-11(16)10-15(14)23(19,20)18-8-9-22-13-5-3-12(17)4-6-13/h2-7,10,18H,8-9H2,1H3. The molecule has 2 aromatic carbocycles. The van der Waals surface area contributed by atoms with Crippen LogP contribution in [0.15, 0.2) is 51.8 Å². The molecular weight excluding hydrogens is 389 g/mol. The molecule has 0 atom stereocenters. The lowest BCUT2D eigenvalue weighted by molar-refractivity contribution is 0.322. The highest BCUT2D eigenvalue weighted by Crippen LogP contribution is 2.26. The molecule has 23 heavy (non-hydrogen) atoms. The molecule has 0 amide bonds. The SMILES string of the molecule is COc1ccc(Br)cc1S(=O)(=O)NCCOc1ccc(F)cc1. The molecule has 2 aromatic rings. The molecule has 0 bridgehead atoms. The van der Waals surface area contributed by atoms with Gasteiger partial charge in [-0.15, -0.1) is 0 Å². The van der Waals surface area contributed by atoms with Crippen molar-refractivity contribution in [3.05, 3.63) is 52.8 Å². The lowest BCUT2D eigenvalue weighted by Crippen LogP contribution is -2.28. The Morgan fingerprint density at radius 3 is 2.52 bits per heavy atom. The summed E-state index contributed by atoms with van der Waals surface area (Å²) in [6.07, 6.45) is 0. The largest absolute Gasteiger partial charge is 0.495 e. The van der Waals surface area contributed by atoms with Crippen molar-refractivity contribution in [2.24, 2.45) is 0 Å². The third-order valence-electron chi connectivity index (χ3n) is 2.89. The Morgan fingerprint density at radius 2 is 1.87 bits per heavy atom. The molecule has 1 N–H and O–H groups in total. The molecule has 5 nitrogen and oxygen atoms in total. The Balaban J connectivity index is 1.96. The van der Waals surface area contributed by atoms with Crippen molar-refractivity contribution >= 4 is 26.0 Å². The molecule has 124 valence electrons. The van der Waals surface area contributed by atoms with Gasteiger partial charge in [0.2, 0.25) is 10.0 Å². The molecule has 0 radical (unpaired) electrons. The third kappa shape index (κ3) is 4.92. The first-order valence-corrected chi connectivity index (χ1v) is 8.91. The summed E-state index contributed by atoms with van der Waals surface area (Å²) in [6, 6.07) is 10.2. The van der Waals surface area contributed by atoms with Gasteiger partial charge in [0.25, 0.3) is 0 Å². The van der Waals surface area contributed by atoms with E-state index in [2.05, 4.69) is 20.7 Å². The maximum absolute atomic E-state index is 12.8. The minimum atomic E-state index is -3.73. The Kier molecular flexibility index (Phi) is 5.97. The molecule has 0 spiro atoms. The number of ether oxygens (including phenoxy) is 2. The van der Waals surface area contributed by atoms with E-state index < -0.39 is 10.0 Å². The van der Waals surface area contributed by atoms with Crippen LogP contribution in [0.5, 0.6) is 11.5 Å². The van der Waals surface area contributed by atoms with E-state index in [-0.39, 0.29) is 29.6 Å². The molecule has 0 saturated carbocycles. The van der Waals surface area contributed by atoms with Crippen LogP contribution in [0.4, 0.5) is 4.39 Å². The van der Waals surface area contributed by atoms with Gasteiger partial charge >= 0.3 is 0 Å². The van der Waals surface area contributed by atoms with Crippen LogP contribution in [0.2, 0.25) is 0 Å². The second-order valence-corrected chi connectivity index (χ2v) is 7.15. The topological polar surface area (TPSA) is 64.6 Å². The number of methoxy groups -OCH3 is 1. The second-order valence-electron chi connectivity index (χ2n) is 4.50. The number of hydrogen-bond donors (Lipinski definition) is 1. The van der Waals surface area contributed by atoms with E-state index in [1.54, 1.807) is 12.1 Å². The van der Waals surface area contributed by atoms with Crippen molar-refractivity contribution in [2.45, 2.75) is 4.90 Å². The minimum Gasteiger partial charge on any atom is -0.495 e. The van der Waals surface area contributed by atoms with Crippen molar-refractivity contribution in [2.75, 3.05) is 20.3 Å². The first-order valence-electron chi connectivity index (χ1n) is 6.64. The maximum Gasteiger partial charge on any atom is 0.244 e. The minimum absolute atomic E-state index is 0.0381. The summed E-state index contributed by atoms with van der Waals surface area (Å²) in [5, 5.41) is 0. The van der Waals surface area contributed by atoms with E-state index in [0.29, 0.717) is 10.2 Å². The highest BCUT2D eigenvalue weighted by Gasteiger charge is 2.19. The molecule has 0 saturated heterocycles. The zero-order valence-electron chi connectivity index (χ0n) is 12.3. The highest BCUT2D eigenvalue weighted by atomic mass is 79.9. The number of sulfonamides is 1. The summed E-state index contributed by atoms with van der Waals surface area (Å²) in [6.45, 7) is 0.177. The summed E-state index contributed by atoms with van der Waals surface area (Å²) in [5.74, 6) is 0.352. The first-order chi connectivity index (χ1) is 10.9. The number of benzene rings is 2. The molecule has 0 heterocycles. The second kappa shape index (κ2) is 7.76. The van der Waals surface area contributed by atoms with Crippen molar-refractivity contribution in [3.63, 3.8) is 0 Å². The normalized spacial score (nSPS) is 11.3. The number of rotatable bonds is 7. The van der Waals surface area contributed by atoms with Crippen LogP contribution in [0.3, 0.4) is 0 Å². The van der Waals surface area contributed by atoms with Crippen LogP contribution < -0.4 is 14.2 Å². The van der Waals surface area contributed by atoms with Gasteiger partial charge in [0.05, 0.1) is 7.11 Å². The average Bonchev–Trinajstić information content (AvgIpc) is 2.53.